The van der Waals surface area contributed by atoms with Crippen LogP contribution in [0.15, 0.2) is 24.3 Å². The van der Waals surface area contributed by atoms with E-state index in [1.54, 1.807) is 95.2 Å². The minimum atomic E-state index is -0.741. The van der Waals surface area contributed by atoms with E-state index in [0.29, 0.717) is 71.3 Å². The van der Waals surface area contributed by atoms with E-state index in [2.05, 4.69) is 21.9 Å². The van der Waals surface area contributed by atoms with E-state index in [1.165, 1.54) is 0 Å². The zero-order valence-corrected chi connectivity index (χ0v) is 40.8. The zero-order chi connectivity index (χ0) is 48.4. The van der Waals surface area contributed by atoms with E-state index in [0.717, 1.165) is 5.56 Å². The van der Waals surface area contributed by atoms with Gasteiger partial charge < -0.3 is 49.1 Å². The van der Waals surface area contributed by atoms with Crippen LogP contribution in [-0.2, 0) is 63.6 Å². The summed E-state index contributed by atoms with van der Waals surface area (Å²) in [5.74, 6) is 0.489. The molecule has 1 aromatic rings. The number of benzene rings is 1. The van der Waals surface area contributed by atoms with Gasteiger partial charge in [0.25, 0.3) is 0 Å². The highest BCUT2D eigenvalue weighted by Gasteiger charge is 2.29. The second-order valence-corrected chi connectivity index (χ2v) is 19.2. The van der Waals surface area contributed by atoms with E-state index >= 15 is 0 Å². The van der Waals surface area contributed by atoms with Crippen LogP contribution >= 0.6 is 0 Å². The lowest BCUT2D eigenvalue weighted by Gasteiger charge is -2.36. The Hall–Kier alpha value is -4.15. The highest BCUT2D eigenvalue weighted by molar-refractivity contribution is 5.90. The number of nitrogens with zero attached hydrogens (tertiary/aromatic N) is 2. The molecule has 1 amide bonds. The van der Waals surface area contributed by atoms with Crippen LogP contribution in [-0.4, -0.2) is 167 Å². The Morgan fingerprint density at radius 1 is 0.609 bits per heavy atom. The molecule has 0 saturated heterocycles. The van der Waals surface area contributed by atoms with Crippen LogP contribution in [0.25, 0.3) is 0 Å². The first-order chi connectivity index (χ1) is 29.7. The maximum atomic E-state index is 13.5. The van der Waals surface area contributed by atoms with Gasteiger partial charge in [0, 0.05) is 44.5 Å². The van der Waals surface area contributed by atoms with Crippen molar-refractivity contribution in [1.82, 2.24) is 20.4 Å². The molecule has 0 heterocycles. The molecule has 17 heteroatoms. The van der Waals surface area contributed by atoms with Crippen molar-refractivity contribution in [3.8, 4) is 12.3 Å². The molecule has 1 rings (SSSR count). The van der Waals surface area contributed by atoms with Crippen LogP contribution < -0.4 is 16.0 Å². The topological polar surface area (TPSA) is 193 Å². The third-order valence-electron chi connectivity index (χ3n) is 8.18. The summed E-state index contributed by atoms with van der Waals surface area (Å²) in [5.41, 5.74) is -1.25. The van der Waals surface area contributed by atoms with Crippen LogP contribution in [0, 0.1) is 12.3 Å². The van der Waals surface area contributed by atoms with Crippen molar-refractivity contribution in [2.45, 2.75) is 124 Å². The predicted molar refractivity (Wildman–Crippen MR) is 246 cm³/mol. The minimum Gasteiger partial charge on any atom is -0.459 e. The summed E-state index contributed by atoms with van der Waals surface area (Å²) in [6, 6.07) is 7.02. The average molecular weight is 906 g/mol. The van der Waals surface area contributed by atoms with Gasteiger partial charge in [-0.15, -0.1) is 6.42 Å². The van der Waals surface area contributed by atoms with Crippen molar-refractivity contribution in [1.29, 1.82) is 0 Å². The Balaban J connectivity index is 3.33. The van der Waals surface area contributed by atoms with Gasteiger partial charge in [-0.05, 0) is 107 Å². The first-order valence-corrected chi connectivity index (χ1v) is 22.0. The third-order valence-corrected chi connectivity index (χ3v) is 8.18. The summed E-state index contributed by atoms with van der Waals surface area (Å²) in [4.78, 5) is 68.4. The molecule has 17 nitrogen and oxygen atoms in total. The van der Waals surface area contributed by atoms with Gasteiger partial charge in [-0.2, -0.15) is 0 Å². The molecule has 64 heavy (non-hydrogen) atoms. The molecule has 0 saturated carbocycles. The van der Waals surface area contributed by atoms with Gasteiger partial charge >= 0.3 is 23.9 Å². The van der Waals surface area contributed by atoms with E-state index in [9.17, 15) is 24.0 Å². The molecule has 0 aromatic heterocycles. The second kappa shape index (κ2) is 29.4. The molecular formula is C47H79N5O12. The van der Waals surface area contributed by atoms with Gasteiger partial charge in [0.2, 0.25) is 5.91 Å². The Bertz CT molecular complexity index is 1590. The van der Waals surface area contributed by atoms with Crippen LogP contribution in [0.3, 0.4) is 0 Å². The van der Waals surface area contributed by atoms with E-state index in [-0.39, 0.29) is 57.8 Å². The molecule has 0 fully saturated rings. The monoisotopic (exact) mass is 906 g/mol. The Morgan fingerprint density at radius 3 is 1.56 bits per heavy atom. The van der Waals surface area contributed by atoms with E-state index < -0.39 is 46.3 Å². The maximum Gasteiger partial charge on any atom is 0.320 e. The first-order valence-electron chi connectivity index (χ1n) is 22.0. The summed E-state index contributed by atoms with van der Waals surface area (Å²) in [6.45, 7) is 25.0. The molecule has 1 unspecified atom stereocenters. The van der Waals surface area contributed by atoms with Gasteiger partial charge in [-0.25, -0.2) is 0 Å². The van der Waals surface area contributed by atoms with Crippen molar-refractivity contribution in [3.63, 3.8) is 0 Å². The van der Waals surface area contributed by atoms with Crippen LogP contribution in [0.2, 0.25) is 0 Å². The normalized spacial score (nSPS) is 12.7. The van der Waals surface area contributed by atoms with Crippen molar-refractivity contribution in [3.05, 3.63) is 29.8 Å². The van der Waals surface area contributed by atoms with E-state index in [1.807, 2.05) is 21.9 Å². The SMILES string of the molecule is C#CCOCCOCCOCCC(=O)Nc1ccc(CC(CN(CCNCC(=O)OC(C)(C)C)CC(=O)OC(C)(C)C)N(CCNCC(=O)OC(C)(C)C)CC(=O)OC(C)(C)C)cc1. The molecular weight excluding hydrogens is 827 g/mol. The van der Waals surface area contributed by atoms with Gasteiger partial charge in [-0.1, -0.05) is 18.1 Å². The van der Waals surface area contributed by atoms with E-state index in [4.69, 9.17) is 39.6 Å². The summed E-state index contributed by atoms with van der Waals surface area (Å²) in [6.07, 6.45) is 5.72. The fraction of sp³-hybridized carbons (Fsp3) is 0.723. The standard InChI is InChI=1S/C47H79N5O12/c1-14-24-58-26-28-60-29-27-59-25-19-39(53)50-37-17-15-36(16-18-37)30-38(52(35-43(57)64-47(11,12)13)23-21-49-32-41(55)62-45(5,6)7)33-51(34-42(56)63-46(8,9)10)22-20-48-31-40(54)61-44(2,3)4/h1,15-18,38,48-49H,19-35H2,2-13H3,(H,50,53). The number of terminal acetylenes is 1. The third kappa shape index (κ3) is 32.5. The average Bonchev–Trinajstić information content (AvgIpc) is 3.13. The Morgan fingerprint density at radius 2 is 1.06 bits per heavy atom. The molecule has 0 aliphatic carbocycles. The number of nitrogens with one attached hydrogen (secondary N) is 3. The number of ether oxygens (including phenoxy) is 7. The highest BCUT2D eigenvalue weighted by Crippen LogP contribution is 2.17. The number of rotatable bonds is 30. The smallest absolute Gasteiger partial charge is 0.320 e. The molecule has 364 valence electrons. The maximum absolute atomic E-state index is 13.5. The second-order valence-electron chi connectivity index (χ2n) is 19.2. The molecule has 0 aliphatic rings. The molecule has 1 aromatic carbocycles. The lowest BCUT2D eigenvalue weighted by atomic mass is 10.0. The van der Waals surface area contributed by atoms with Crippen LogP contribution in [0.1, 0.15) is 95.1 Å². The number of hydrogen-bond acceptors (Lipinski definition) is 16. The number of carbonyl (C=O) groups is 5. The number of amides is 1. The van der Waals surface area contributed by atoms with Crippen molar-refractivity contribution in [2.24, 2.45) is 0 Å². The van der Waals surface area contributed by atoms with Crippen LogP contribution in [0.5, 0.6) is 0 Å². The zero-order valence-electron chi connectivity index (χ0n) is 40.8. The molecule has 1 atom stereocenters. The summed E-state index contributed by atoms with van der Waals surface area (Å²) in [5, 5.41) is 9.17. The Labute approximate surface area is 382 Å². The van der Waals surface area contributed by atoms with Gasteiger partial charge in [0.1, 0.15) is 29.0 Å². The first kappa shape index (κ1) is 57.9. The van der Waals surface area contributed by atoms with Gasteiger partial charge in [0.05, 0.1) is 65.6 Å². The van der Waals surface area contributed by atoms with Gasteiger partial charge in [0.15, 0.2) is 0 Å². The lowest BCUT2D eigenvalue weighted by molar-refractivity contribution is -0.159. The minimum absolute atomic E-state index is 0.0230. The molecule has 0 spiro atoms. The number of esters is 4. The quantitative estimate of drug-likeness (QED) is 0.0437. The molecule has 0 aliphatic heterocycles. The summed E-state index contributed by atoms with van der Waals surface area (Å²) < 4.78 is 38.5. The van der Waals surface area contributed by atoms with Gasteiger partial charge in [-0.3, -0.25) is 33.8 Å². The van der Waals surface area contributed by atoms with Crippen molar-refractivity contribution < 1.29 is 57.1 Å². The Kier molecular flexibility index (Phi) is 26.6. The fourth-order valence-electron chi connectivity index (χ4n) is 5.88. The number of anilines is 1. The van der Waals surface area contributed by atoms with Crippen LogP contribution in [0.4, 0.5) is 5.69 Å². The summed E-state index contributed by atoms with van der Waals surface area (Å²) in [7, 11) is 0. The molecule has 0 radical (unpaired) electrons. The molecule has 0 bridgehead atoms. The lowest BCUT2D eigenvalue weighted by Crippen LogP contribution is -2.52. The summed E-state index contributed by atoms with van der Waals surface area (Å²) >= 11 is 0. The van der Waals surface area contributed by atoms with Crippen molar-refractivity contribution in [2.75, 3.05) is 104 Å². The molecule has 3 N–H and O–H groups in total. The number of hydrogen-bond donors (Lipinski definition) is 3. The highest BCUT2D eigenvalue weighted by atomic mass is 16.6. The van der Waals surface area contributed by atoms with Crippen molar-refractivity contribution >= 4 is 35.5 Å². The largest absolute Gasteiger partial charge is 0.459 e. The fourth-order valence-corrected chi connectivity index (χ4v) is 5.88. The number of carbonyl (C=O) groups excluding carboxylic acids is 5. The predicted octanol–water partition coefficient (Wildman–Crippen LogP) is 3.76.